The van der Waals surface area contributed by atoms with Crippen molar-refractivity contribution in [3.63, 3.8) is 0 Å². The molecule has 0 saturated carbocycles. The lowest BCUT2D eigenvalue weighted by molar-refractivity contribution is -0.134. The first-order valence-electron chi connectivity index (χ1n) is 13.3. The van der Waals surface area contributed by atoms with Gasteiger partial charge in [0.1, 0.15) is 0 Å². The number of hydrogen-bond acceptors (Lipinski definition) is 5. The summed E-state index contributed by atoms with van der Waals surface area (Å²) in [5.74, 6) is -1.87. The maximum Gasteiger partial charge on any atom is 0.328 e. The van der Waals surface area contributed by atoms with Gasteiger partial charge >= 0.3 is 11.9 Å². The number of rotatable bonds is 8. The average Bonchev–Trinajstić information content (AvgIpc) is 3.20. The first-order chi connectivity index (χ1) is 19.3. The summed E-state index contributed by atoms with van der Waals surface area (Å²) in [5, 5.41) is 15.6. The van der Waals surface area contributed by atoms with Crippen LogP contribution in [0.3, 0.4) is 0 Å². The fraction of sp³-hybridized carbons (Fsp3) is 0.290. The monoisotopic (exact) mass is 562 g/mol. The van der Waals surface area contributed by atoms with E-state index in [9.17, 15) is 18.0 Å². The van der Waals surface area contributed by atoms with Gasteiger partial charge in [0.05, 0.1) is 10.9 Å². The van der Waals surface area contributed by atoms with E-state index in [-0.39, 0.29) is 6.04 Å². The van der Waals surface area contributed by atoms with Crippen molar-refractivity contribution in [2.24, 2.45) is 0 Å². The first kappa shape index (κ1) is 29.2. The van der Waals surface area contributed by atoms with E-state index in [1.165, 1.54) is 18.4 Å². The summed E-state index contributed by atoms with van der Waals surface area (Å²) in [5.41, 5.74) is 3.37. The highest BCUT2D eigenvalue weighted by Gasteiger charge is 2.42. The molecule has 8 nitrogen and oxygen atoms in total. The van der Waals surface area contributed by atoms with E-state index >= 15 is 0 Å². The van der Waals surface area contributed by atoms with Crippen LogP contribution in [-0.2, 0) is 19.6 Å². The van der Waals surface area contributed by atoms with Gasteiger partial charge in [0.2, 0.25) is 10.0 Å². The Labute approximate surface area is 235 Å². The molecule has 1 unspecified atom stereocenters. The molecule has 40 heavy (non-hydrogen) atoms. The zero-order chi connectivity index (χ0) is 28.5. The highest BCUT2D eigenvalue weighted by atomic mass is 32.2. The third kappa shape index (κ3) is 7.24. The molecule has 0 bridgehead atoms. The molecule has 0 spiro atoms. The second-order valence-corrected chi connectivity index (χ2v) is 11.7. The second kappa shape index (κ2) is 13.5. The number of carboxylic acids is 2. The van der Waals surface area contributed by atoms with Crippen LogP contribution >= 0.6 is 0 Å². The van der Waals surface area contributed by atoms with E-state index in [1.54, 1.807) is 10.4 Å². The molecule has 0 radical (unpaired) electrons. The standard InChI is InChI=1S/C27H30N2O2S.C4H4O4/c30-32(31)26-15-8-7-14-25(26)27(24-12-5-2-6-13-24)29(32)19-9-18-28-20-16-23(17-21-28)22-10-3-1-4-11-22;5-3(6)1-2-4(7)8/h1-8,10-15,23,27H,9,16-21H2;1-2H,(H,5,6)(H,7,8). The Kier molecular flexibility index (Phi) is 9.87. The molecule has 0 amide bonds. The van der Waals surface area contributed by atoms with Crippen molar-refractivity contribution in [1.29, 1.82) is 0 Å². The predicted molar refractivity (Wildman–Crippen MR) is 153 cm³/mol. The zero-order valence-corrected chi connectivity index (χ0v) is 23.0. The van der Waals surface area contributed by atoms with Crippen molar-refractivity contribution >= 4 is 22.0 Å². The molecular weight excluding hydrogens is 528 g/mol. The molecule has 2 aliphatic heterocycles. The number of sulfonamides is 1. The summed E-state index contributed by atoms with van der Waals surface area (Å²) in [6.07, 6.45) is 4.30. The summed E-state index contributed by atoms with van der Waals surface area (Å²) in [7, 11) is -3.48. The lowest BCUT2D eigenvalue weighted by Crippen LogP contribution is -2.36. The topological polar surface area (TPSA) is 115 Å². The van der Waals surface area contributed by atoms with Gasteiger partial charge in [-0.15, -0.1) is 0 Å². The molecule has 0 aliphatic carbocycles. The Morgan fingerprint density at radius 2 is 1.27 bits per heavy atom. The van der Waals surface area contributed by atoms with Crippen LogP contribution < -0.4 is 0 Å². The fourth-order valence-electron chi connectivity index (χ4n) is 5.40. The average molecular weight is 563 g/mol. The number of carbonyl (C=O) groups is 2. The largest absolute Gasteiger partial charge is 0.478 e. The van der Waals surface area contributed by atoms with E-state index in [2.05, 4.69) is 35.2 Å². The van der Waals surface area contributed by atoms with Crippen molar-refractivity contribution < 1.29 is 28.2 Å². The number of carboxylic acid groups (broad SMARTS) is 2. The van der Waals surface area contributed by atoms with Crippen LogP contribution in [0, 0.1) is 0 Å². The van der Waals surface area contributed by atoms with Crippen LogP contribution in [0.4, 0.5) is 0 Å². The van der Waals surface area contributed by atoms with Crippen molar-refractivity contribution in [3.8, 4) is 0 Å². The van der Waals surface area contributed by atoms with Gasteiger partial charge in [-0.1, -0.05) is 78.9 Å². The Morgan fingerprint density at radius 1 is 0.750 bits per heavy atom. The van der Waals surface area contributed by atoms with Gasteiger partial charge in [0, 0.05) is 18.7 Å². The van der Waals surface area contributed by atoms with Gasteiger partial charge in [-0.2, -0.15) is 4.31 Å². The molecule has 2 heterocycles. The van der Waals surface area contributed by atoms with Gasteiger partial charge in [-0.3, -0.25) is 0 Å². The molecule has 5 rings (SSSR count). The van der Waals surface area contributed by atoms with Crippen LogP contribution in [-0.4, -0.2) is 66.0 Å². The van der Waals surface area contributed by atoms with Crippen molar-refractivity contribution in [3.05, 3.63) is 114 Å². The molecule has 0 aromatic heterocycles. The van der Waals surface area contributed by atoms with E-state index < -0.39 is 22.0 Å². The summed E-state index contributed by atoms with van der Waals surface area (Å²) in [4.78, 5) is 22.1. The Morgan fingerprint density at radius 3 is 1.85 bits per heavy atom. The van der Waals surface area contributed by atoms with Crippen molar-refractivity contribution in [2.75, 3.05) is 26.2 Å². The van der Waals surface area contributed by atoms with Crippen LogP contribution in [0.2, 0.25) is 0 Å². The molecule has 1 saturated heterocycles. The van der Waals surface area contributed by atoms with Gasteiger partial charge < -0.3 is 15.1 Å². The first-order valence-corrected chi connectivity index (χ1v) is 14.8. The fourth-order valence-corrected chi connectivity index (χ4v) is 7.26. The molecule has 2 aliphatic rings. The van der Waals surface area contributed by atoms with Crippen molar-refractivity contribution in [1.82, 2.24) is 9.21 Å². The molecule has 3 aromatic carbocycles. The second-order valence-electron chi connectivity index (χ2n) is 9.86. The van der Waals surface area contributed by atoms with Gasteiger partial charge in [-0.05, 0) is 67.6 Å². The normalized spacial score (nSPS) is 19.1. The SMILES string of the molecule is O=C(O)C=CC(=O)O.O=S1(=O)c2ccccc2C(c2ccccc2)N1CCCN1CCC(c2ccccc2)CC1. The van der Waals surface area contributed by atoms with Crippen LogP contribution in [0.5, 0.6) is 0 Å². The molecule has 9 heteroatoms. The number of piperidine rings is 1. The van der Waals surface area contributed by atoms with Gasteiger partial charge in [0.15, 0.2) is 0 Å². The Bertz CT molecular complexity index is 1400. The van der Waals surface area contributed by atoms with Crippen LogP contribution in [0.1, 0.15) is 47.9 Å². The van der Waals surface area contributed by atoms with Crippen molar-refractivity contribution in [2.45, 2.75) is 36.1 Å². The van der Waals surface area contributed by atoms with Gasteiger partial charge in [-0.25, -0.2) is 18.0 Å². The number of aliphatic carboxylic acids is 2. The minimum absolute atomic E-state index is 0.235. The minimum Gasteiger partial charge on any atom is -0.478 e. The number of benzene rings is 3. The zero-order valence-electron chi connectivity index (χ0n) is 22.2. The van der Waals surface area contributed by atoms with E-state index in [0.29, 0.717) is 29.5 Å². The molecular formula is C31H34N2O6S. The maximum absolute atomic E-state index is 13.4. The Hall–Kier alpha value is -3.79. The highest BCUT2D eigenvalue weighted by Crippen LogP contribution is 2.43. The summed E-state index contributed by atoms with van der Waals surface area (Å²) >= 11 is 0. The third-order valence-electron chi connectivity index (χ3n) is 7.28. The van der Waals surface area contributed by atoms with Crippen LogP contribution in [0.15, 0.2) is 102 Å². The summed E-state index contributed by atoms with van der Waals surface area (Å²) in [6, 6.07) is 28.0. The quantitative estimate of drug-likeness (QED) is 0.380. The number of hydrogen-bond donors (Lipinski definition) is 2. The molecule has 210 valence electrons. The molecule has 2 N–H and O–H groups in total. The number of fused-ring (bicyclic) bond motifs is 1. The third-order valence-corrected chi connectivity index (χ3v) is 9.22. The number of likely N-dealkylation sites (tertiary alicyclic amines) is 1. The van der Waals surface area contributed by atoms with E-state index in [1.807, 2.05) is 48.5 Å². The number of nitrogens with zero attached hydrogens (tertiary/aromatic N) is 2. The van der Waals surface area contributed by atoms with Gasteiger partial charge in [0.25, 0.3) is 0 Å². The Balaban J connectivity index is 0.000000406. The summed E-state index contributed by atoms with van der Waals surface area (Å²) < 4.78 is 28.4. The minimum atomic E-state index is -3.48. The van der Waals surface area contributed by atoms with E-state index in [0.717, 1.165) is 37.2 Å². The van der Waals surface area contributed by atoms with Crippen LogP contribution in [0.25, 0.3) is 0 Å². The highest BCUT2D eigenvalue weighted by molar-refractivity contribution is 7.89. The van der Waals surface area contributed by atoms with E-state index in [4.69, 9.17) is 10.2 Å². The summed E-state index contributed by atoms with van der Waals surface area (Å²) in [6.45, 7) is 3.63. The smallest absolute Gasteiger partial charge is 0.328 e. The maximum atomic E-state index is 13.4. The molecule has 3 aromatic rings. The molecule has 1 atom stereocenters. The lowest BCUT2D eigenvalue weighted by Gasteiger charge is -2.33. The molecule has 1 fully saturated rings. The predicted octanol–water partition coefficient (Wildman–Crippen LogP) is 4.76. The lowest BCUT2D eigenvalue weighted by atomic mass is 9.89.